The molecule has 5 aliphatic rings. The molecule has 0 aromatic heterocycles. The first-order valence-electron chi connectivity index (χ1n) is 11.1. The maximum Gasteiger partial charge on any atom is 0.236 e. The Morgan fingerprint density at radius 1 is 0.967 bits per heavy atom. The second kappa shape index (κ2) is 7.90. The summed E-state index contributed by atoms with van der Waals surface area (Å²) in [6.45, 7) is 0. The molecule has 30 heavy (non-hydrogen) atoms. The van der Waals surface area contributed by atoms with Gasteiger partial charge in [0.1, 0.15) is 7.05 Å². The van der Waals surface area contributed by atoms with Crippen molar-refractivity contribution < 1.29 is 19.3 Å². The molecule has 1 saturated heterocycles. The number of thioether (sulfide) groups is 2. The number of Topliss-reactive ketones (excluding diaryl/α,β-unsaturated/α-hetero) is 2. The van der Waals surface area contributed by atoms with E-state index in [-0.39, 0.29) is 11.1 Å². The molecule has 3 fully saturated rings. The standard InChI is InChI=1S/C23H28N2O3S2/c1-24-15-7-3-5-9-17(15)29-19(24)11-13-21(26)14(23(28)22(13)27)12-20-25(2)16-8-4-6-10-18(16)30-20/h11-12,15-18H,3-10H2,1-2H3. The Bertz CT molecular complexity index is 933. The van der Waals surface area contributed by atoms with Gasteiger partial charge >= 0.3 is 0 Å². The van der Waals surface area contributed by atoms with E-state index < -0.39 is 17.3 Å². The minimum atomic E-state index is -0.647. The SMILES string of the molecule is CN1C(=CC2=C([O-])C(=CC3=[N+](C)C4CCCCC4S3)C(=O)C2=O)SC2CCCCC21. The second-order valence-corrected chi connectivity index (χ2v) is 11.5. The average molecular weight is 445 g/mol. The Balaban J connectivity index is 1.45. The highest BCUT2D eigenvalue weighted by Crippen LogP contribution is 2.45. The topological polar surface area (TPSA) is 63.4 Å². The molecular weight excluding hydrogens is 416 g/mol. The maximum atomic E-state index is 13.1. The minimum Gasteiger partial charge on any atom is -0.871 e. The molecular formula is C23H28N2O3S2. The zero-order valence-electron chi connectivity index (χ0n) is 17.6. The van der Waals surface area contributed by atoms with Crippen LogP contribution in [0.25, 0.3) is 0 Å². The van der Waals surface area contributed by atoms with E-state index in [1.165, 1.54) is 38.5 Å². The molecule has 0 amide bonds. The Kier molecular flexibility index (Phi) is 5.38. The number of rotatable bonds is 2. The van der Waals surface area contributed by atoms with E-state index in [0.717, 1.165) is 22.9 Å². The molecule has 0 N–H and O–H groups in total. The Hall–Kier alpha value is -1.47. The smallest absolute Gasteiger partial charge is 0.236 e. The van der Waals surface area contributed by atoms with Gasteiger partial charge in [-0.15, -0.1) is 11.8 Å². The summed E-state index contributed by atoms with van der Waals surface area (Å²) in [4.78, 5) is 27.6. The van der Waals surface area contributed by atoms with E-state index in [1.807, 2.05) is 14.1 Å². The summed E-state index contributed by atoms with van der Waals surface area (Å²) in [6.07, 6.45) is 12.9. The number of hydrogen-bond donors (Lipinski definition) is 0. The summed E-state index contributed by atoms with van der Waals surface area (Å²) in [5.74, 6) is -1.70. The molecule has 160 valence electrons. The van der Waals surface area contributed by atoms with Crippen molar-refractivity contribution in [2.24, 2.45) is 0 Å². The van der Waals surface area contributed by atoms with Gasteiger partial charge in [-0.05, 0) is 43.5 Å². The lowest BCUT2D eigenvalue weighted by Gasteiger charge is -2.28. The molecule has 3 aliphatic carbocycles. The first kappa shape index (κ1) is 20.4. The normalized spacial score (nSPS) is 37.1. The maximum absolute atomic E-state index is 13.1. The molecule has 4 unspecified atom stereocenters. The van der Waals surface area contributed by atoms with Gasteiger partial charge in [0.05, 0.1) is 10.3 Å². The quantitative estimate of drug-likeness (QED) is 0.371. The number of allylic oxidation sites excluding steroid dienone is 3. The molecule has 0 spiro atoms. The summed E-state index contributed by atoms with van der Waals surface area (Å²) >= 11 is 3.51. The third kappa shape index (κ3) is 3.29. The van der Waals surface area contributed by atoms with Crippen LogP contribution in [0.15, 0.2) is 34.1 Å². The minimum absolute atomic E-state index is 0.0444. The van der Waals surface area contributed by atoms with Crippen LogP contribution in [0.2, 0.25) is 0 Å². The van der Waals surface area contributed by atoms with E-state index in [4.69, 9.17) is 0 Å². The van der Waals surface area contributed by atoms with E-state index in [9.17, 15) is 14.7 Å². The number of ketones is 2. The number of carbonyl (C=O) groups is 2. The summed E-state index contributed by atoms with van der Waals surface area (Å²) < 4.78 is 2.20. The van der Waals surface area contributed by atoms with Gasteiger partial charge in [0.25, 0.3) is 0 Å². The largest absolute Gasteiger partial charge is 0.871 e. The first-order valence-corrected chi connectivity index (χ1v) is 12.8. The van der Waals surface area contributed by atoms with Crippen LogP contribution < -0.4 is 5.11 Å². The molecule has 7 heteroatoms. The average Bonchev–Trinajstić information content (AvgIpc) is 3.31. The Labute approximate surface area is 186 Å². The van der Waals surface area contributed by atoms with Crippen molar-refractivity contribution in [1.29, 1.82) is 0 Å². The van der Waals surface area contributed by atoms with Crippen molar-refractivity contribution in [3.63, 3.8) is 0 Å². The molecule has 5 rings (SSSR count). The van der Waals surface area contributed by atoms with Crippen LogP contribution >= 0.6 is 23.5 Å². The van der Waals surface area contributed by atoms with Crippen LogP contribution in [0.4, 0.5) is 0 Å². The molecule has 4 atom stereocenters. The van der Waals surface area contributed by atoms with Gasteiger partial charge < -0.3 is 10.0 Å². The highest BCUT2D eigenvalue weighted by atomic mass is 32.2. The molecule has 2 aliphatic heterocycles. The fourth-order valence-corrected chi connectivity index (χ4v) is 8.61. The third-order valence-electron chi connectivity index (χ3n) is 7.29. The molecule has 0 radical (unpaired) electrons. The Morgan fingerprint density at radius 2 is 1.67 bits per heavy atom. The number of fused-ring (bicyclic) bond motifs is 2. The highest BCUT2D eigenvalue weighted by Gasteiger charge is 2.43. The fourth-order valence-electron chi connectivity index (χ4n) is 5.50. The summed E-state index contributed by atoms with van der Waals surface area (Å²) in [5, 5.41) is 16.0. The van der Waals surface area contributed by atoms with Crippen LogP contribution in [-0.2, 0) is 9.59 Å². The number of hydrogen-bond acceptors (Lipinski definition) is 6. The van der Waals surface area contributed by atoms with Crippen molar-refractivity contribution in [3.8, 4) is 0 Å². The van der Waals surface area contributed by atoms with Gasteiger partial charge in [0.2, 0.25) is 16.6 Å². The van der Waals surface area contributed by atoms with Crippen LogP contribution in [0.3, 0.4) is 0 Å². The zero-order valence-corrected chi connectivity index (χ0v) is 19.2. The second-order valence-electron chi connectivity index (χ2n) is 9.02. The van der Waals surface area contributed by atoms with Gasteiger partial charge in [0.15, 0.2) is 6.04 Å². The summed E-state index contributed by atoms with van der Waals surface area (Å²) in [7, 11) is 4.08. The fraction of sp³-hybridized carbons (Fsp3) is 0.609. The lowest BCUT2D eigenvalue weighted by atomic mass is 9.94. The third-order valence-corrected chi connectivity index (χ3v) is 10.3. The highest BCUT2D eigenvalue weighted by molar-refractivity contribution is 8.14. The zero-order chi connectivity index (χ0) is 21.0. The van der Waals surface area contributed by atoms with E-state index >= 15 is 0 Å². The monoisotopic (exact) mass is 444 g/mol. The van der Waals surface area contributed by atoms with Crippen LogP contribution in [0.5, 0.6) is 0 Å². The predicted octanol–water partition coefficient (Wildman–Crippen LogP) is 2.61. The summed E-state index contributed by atoms with van der Waals surface area (Å²) in [6, 6.07) is 0.936. The van der Waals surface area contributed by atoms with E-state index in [0.29, 0.717) is 22.6 Å². The number of nitrogens with zero attached hydrogens (tertiary/aromatic N) is 2. The van der Waals surface area contributed by atoms with Crippen molar-refractivity contribution in [3.05, 3.63) is 34.1 Å². The van der Waals surface area contributed by atoms with Crippen molar-refractivity contribution in [2.75, 3.05) is 14.1 Å². The van der Waals surface area contributed by atoms with Crippen LogP contribution in [0.1, 0.15) is 51.4 Å². The first-order chi connectivity index (χ1) is 14.5. The summed E-state index contributed by atoms with van der Waals surface area (Å²) in [5.41, 5.74) is 0.0887. The number of carbonyl (C=O) groups excluding carboxylic acids is 2. The van der Waals surface area contributed by atoms with Crippen molar-refractivity contribution in [1.82, 2.24) is 4.90 Å². The van der Waals surface area contributed by atoms with E-state index in [1.54, 1.807) is 35.7 Å². The van der Waals surface area contributed by atoms with E-state index in [2.05, 4.69) is 9.48 Å². The van der Waals surface area contributed by atoms with Crippen LogP contribution in [-0.4, -0.2) is 62.8 Å². The molecule has 0 aromatic carbocycles. The predicted molar refractivity (Wildman–Crippen MR) is 119 cm³/mol. The van der Waals surface area contributed by atoms with Gasteiger partial charge in [-0.3, -0.25) is 9.59 Å². The molecule has 2 saturated carbocycles. The lowest BCUT2D eigenvalue weighted by molar-refractivity contribution is -0.533. The van der Waals surface area contributed by atoms with Gasteiger partial charge in [-0.1, -0.05) is 25.0 Å². The van der Waals surface area contributed by atoms with Gasteiger partial charge in [-0.25, -0.2) is 4.58 Å². The molecule has 0 bridgehead atoms. The molecule has 0 aromatic rings. The van der Waals surface area contributed by atoms with Crippen molar-refractivity contribution >= 4 is 40.1 Å². The molecule has 2 heterocycles. The van der Waals surface area contributed by atoms with Crippen LogP contribution in [0, 0.1) is 0 Å². The Morgan fingerprint density at radius 3 is 2.40 bits per heavy atom. The van der Waals surface area contributed by atoms with Gasteiger partial charge in [0, 0.05) is 42.0 Å². The van der Waals surface area contributed by atoms with Crippen molar-refractivity contribution in [2.45, 2.75) is 74.0 Å². The lowest BCUT2D eigenvalue weighted by Crippen LogP contribution is -2.33. The van der Waals surface area contributed by atoms with Gasteiger partial charge in [-0.2, -0.15) is 0 Å². The molecule has 5 nitrogen and oxygen atoms in total.